The number of carbonyl (C=O) groups is 1. The summed E-state index contributed by atoms with van der Waals surface area (Å²) in [6.45, 7) is 3.42. The third-order valence-electron chi connectivity index (χ3n) is 5.51. The number of methoxy groups -OCH3 is 1. The summed E-state index contributed by atoms with van der Waals surface area (Å²) >= 11 is 0. The number of aliphatic hydroxyl groups is 2. The summed E-state index contributed by atoms with van der Waals surface area (Å²) in [4.78, 5) is 12.7. The fourth-order valence-electron chi connectivity index (χ4n) is 3.76. The van der Waals surface area contributed by atoms with E-state index in [0.717, 1.165) is 10.9 Å². The maximum atomic E-state index is 12.7. The molecule has 170 valence electrons. The van der Waals surface area contributed by atoms with Crippen LogP contribution in [0.4, 0.5) is 0 Å². The van der Waals surface area contributed by atoms with Crippen molar-refractivity contribution in [3.63, 3.8) is 0 Å². The summed E-state index contributed by atoms with van der Waals surface area (Å²) < 4.78 is 21.8. The number of benzene rings is 2. The Balaban J connectivity index is 1.67. The molecule has 0 radical (unpaired) electrons. The molecule has 2 aromatic rings. The van der Waals surface area contributed by atoms with Gasteiger partial charge in [0.1, 0.15) is 35.9 Å². The summed E-state index contributed by atoms with van der Waals surface area (Å²) in [7, 11) is 3.15. The van der Waals surface area contributed by atoms with Crippen molar-refractivity contribution in [1.82, 2.24) is 5.32 Å². The molecule has 1 fully saturated rings. The fourth-order valence-corrected chi connectivity index (χ4v) is 3.76. The Kier molecular flexibility index (Phi) is 7.34. The van der Waals surface area contributed by atoms with E-state index in [1.165, 1.54) is 13.2 Å². The molecule has 1 saturated heterocycles. The number of aromatic hydroxyl groups is 1. The number of hydrogen-bond donors (Lipinski definition) is 4. The SMILES string of the molecule is CN[C@H]1[C@H](OCCOC(=O)c2c(O)ccc3c(C)cc(OC)cc23)O[C@H](C)[C@H](O)[C@@H]1O. The molecule has 9 heteroatoms. The lowest BCUT2D eigenvalue weighted by molar-refractivity contribution is -0.261. The number of rotatable bonds is 7. The van der Waals surface area contributed by atoms with Gasteiger partial charge in [0, 0.05) is 5.39 Å². The zero-order chi connectivity index (χ0) is 22.7. The molecule has 1 heterocycles. The highest BCUT2D eigenvalue weighted by Crippen LogP contribution is 2.33. The predicted molar refractivity (Wildman–Crippen MR) is 112 cm³/mol. The first-order valence-electron chi connectivity index (χ1n) is 10.1. The number of aryl methyl sites for hydroxylation is 1. The molecule has 0 unspecified atom stereocenters. The number of carbonyl (C=O) groups excluding carboxylic acids is 1. The Morgan fingerprint density at radius 1 is 1.16 bits per heavy atom. The van der Waals surface area contributed by atoms with Crippen molar-refractivity contribution in [3.05, 3.63) is 35.4 Å². The first-order chi connectivity index (χ1) is 14.8. The molecule has 5 atom stereocenters. The van der Waals surface area contributed by atoms with Crippen LogP contribution in [0, 0.1) is 6.92 Å². The maximum absolute atomic E-state index is 12.7. The van der Waals surface area contributed by atoms with E-state index >= 15 is 0 Å². The number of fused-ring (bicyclic) bond motifs is 1. The molecule has 3 rings (SSSR count). The minimum absolute atomic E-state index is 0.00199. The normalized spacial score (nSPS) is 26.1. The third kappa shape index (κ3) is 4.76. The third-order valence-corrected chi connectivity index (χ3v) is 5.51. The van der Waals surface area contributed by atoms with Gasteiger partial charge in [0.25, 0.3) is 0 Å². The van der Waals surface area contributed by atoms with E-state index < -0.39 is 36.6 Å². The van der Waals surface area contributed by atoms with Gasteiger partial charge in [0.05, 0.1) is 25.9 Å². The van der Waals surface area contributed by atoms with Gasteiger partial charge in [0.15, 0.2) is 6.29 Å². The topological polar surface area (TPSA) is 127 Å². The highest BCUT2D eigenvalue weighted by molar-refractivity contribution is 6.08. The molecular formula is C22H29NO8. The summed E-state index contributed by atoms with van der Waals surface area (Å²) in [6.07, 6.45) is -3.54. The smallest absolute Gasteiger partial charge is 0.342 e. The summed E-state index contributed by atoms with van der Waals surface area (Å²) in [5.74, 6) is -0.323. The van der Waals surface area contributed by atoms with Gasteiger partial charge in [-0.1, -0.05) is 6.07 Å². The molecule has 0 amide bonds. The van der Waals surface area contributed by atoms with Crippen LogP contribution < -0.4 is 10.1 Å². The molecule has 2 aromatic carbocycles. The second kappa shape index (κ2) is 9.80. The van der Waals surface area contributed by atoms with E-state index in [0.29, 0.717) is 11.1 Å². The van der Waals surface area contributed by atoms with Gasteiger partial charge in [-0.3, -0.25) is 0 Å². The number of nitrogens with one attached hydrogen (secondary N) is 1. The minimum atomic E-state index is -1.06. The Morgan fingerprint density at radius 2 is 1.90 bits per heavy atom. The highest BCUT2D eigenvalue weighted by atomic mass is 16.7. The second-order valence-corrected chi connectivity index (χ2v) is 7.51. The first-order valence-corrected chi connectivity index (χ1v) is 10.1. The lowest BCUT2D eigenvalue weighted by Gasteiger charge is -2.41. The summed E-state index contributed by atoms with van der Waals surface area (Å²) in [5, 5.41) is 34.6. The lowest BCUT2D eigenvalue weighted by Crippen LogP contribution is -2.62. The predicted octanol–water partition coefficient (Wildman–Crippen LogP) is 1.09. The summed E-state index contributed by atoms with van der Waals surface area (Å²) in [6, 6.07) is 6.07. The number of hydrogen-bond acceptors (Lipinski definition) is 9. The van der Waals surface area contributed by atoms with Crippen molar-refractivity contribution >= 4 is 16.7 Å². The number of ether oxygens (including phenoxy) is 4. The monoisotopic (exact) mass is 435 g/mol. The van der Waals surface area contributed by atoms with Gasteiger partial charge in [-0.15, -0.1) is 0 Å². The van der Waals surface area contributed by atoms with Gasteiger partial charge >= 0.3 is 5.97 Å². The number of esters is 1. The number of phenols is 1. The van der Waals surface area contributed by atoms with E-state index in [9.17, 15) is 20.1 Å². The van der Waals surface area contributed by atoms with Crippen LogP contribution in [0.15, 0.2) is 24.3 Å². The van der Waals surface area contributed by atoms with E-state index in [1.807, 2.05) is 13.0 Å². The van der Waals surface area contributed by atoms with Crippen LogP contribution in [0.25, 0.3) is 10.8 Å². The quantitative estimate of drug-likeness (QED) is 0.373. The van der Waals surface area contributed by atoms with Crippen molar-refractivity contribution in [3.8, 4) is 11.5 Å². The van der Waals surface area contributed by atoms with Gasteiger partial charge < -0.3 is 39.6 Å². The van der Waals surface area contributed by atoms with Crippen molar-refractivity contribution in [1.29, 1.82) is 0 Å². The van der Waals surface area contributed by atoms with Crippen LogP contribution in [0.2, 0.25) is 0 Å². The Morgan fingerprint density at radius 3 is 2.58 bits per heavy atom. The van der Waals surface area contributed by atoms with Crippen molar-refractivity contribution in [2.45, 2.75) is 44.5 Å². The molecule has 0 bridgehead atoms. The Bertz CT molecular complexity index is 933. The van der Waals surface area contributed by atoms with Crippen LogP contribution in [-0.2, 0) is 14.2 Å². The molecule has 1 aliphatic rings. The largest absolute Gasteiger partial charge is 0.507 e. The van der Waals surface area contributed by atoms with E-state index in [4.69, 9.17) is 18.9 Å². The second-order valence-electron chi connectivity index (χ2n) is 7.51. The molecule has 4 N–H and O–H groups in total. The van der Waals surface area contributed by atoms with Crippen LogP contribution in [0.5, 0.6) is 11.5 Å². The number of aliphatic hydroxyl groups excluding tert-OH is 2. The molecule has 0 aromatic heterocycles. The zero-order valence-electron chi connectivity index (χ0n) is 18.0. The highest BCUT2D eigenvalue weighted by Gasteiger charge is 2.42. The van der Waals surface area contributed by atoms with E-state index in [1.54, 1.807) is 26.1 Å². The van der Waals surface area contributed by atoms with Gasteiger partial charge in [-0.05, 0) is 50.0 Å². The Hall–Kier alpha value is -2.43. The molecule has 0 aliphatic carbocycles. The van der Waals surface area contributed by atoms with Gasteiger partial charge in [0.2, 0.25) is 0 Å². The van der Waals surface area contributed by atoms with E-state index in [2.05, 4.69) is 5.32 Å². The van der Waals surface area contributed by atoms with Crippen LogP contribution >= 0.6 is 0 Å². The summed E-state index contributed by atoms with van der Waals surface area (Å²) in [5.41, 5.74) is 0.947. The standard InChI is InChI=1S/C22H29NO8/c1-11-9-13(28-4)10-15-14(11)5-6-16(24)17(15)21(27)29-7-8-30-22-18(23-3)20(26)19(25)12(2)31-22/h5-6,9-10,12,18-20,22-26H,7-8H2,1-4H3/t12-,18-,19+,20-,22-/m1/s1. The van der Waals surface area contributed by atoms with E-state index in [-0.39, 0.29) is 24.5 Å². The van der Waals surface area contributed by atoms with Gasteiger partial charge in [-0.2, -0.15) is 0 Å². The Labute approximate surface area is 180 Å². The van der Waals surface area contributed by atoms with Crippen molar-refractivity contribution in [2.24, 2.45) is 0 Å². The number of likely N-dealkylation sites (N-methyl/N-ethyl adjacent to an activating group) is 1. The average Bonchev–Trinajstić information content (AvgIpc) is 2.74. The zero-order valence-corrected chi connectivity index (χ0v) is 18.0. The van der Waals surface area contributed by atoms with Crippen LogP contribution in [0.1, 0.15) is 22.8 Å². The molecule has 31 heavy (non-hydrogen) atoms. The lowest BCUT2D eigenvalue weighted by atomic mass is 9.98. The molecule has 0 spiro atoms. The fraction of sp³-hybridized carbons (Fsp3) is 0.500. The maximum Gasteiger partial charge on any atom is 0.342 e. The molecular weight excluding hydrogens is 406 g/mol. The van der Waals surface area contributed by atoms with Crippen molar-refractivity contribution in [2.75, 3.05) is 27.4 Å². The molecule has 1 aliphatic heterocycles. The first kappa shape index (κ1) is 23.2. The average molecular weight is 435 g/mol. The minimum Gasteiger partial charge on any atom is -0.507 e. The number of phenolic OH excluding ortho intramolecular Hbond substituents is 1. The van der Waals surface area contributed by atoms with Crippen molar-refractivity contribution < 1.29 is 39.1 Å². The molecule has 0 saturated carbocycles. The van der Waals surface area contributed by atoms with Crippen LogP contribution in [0.3, 0.4) is 0 Å². The molecule has 9 nitrogen and oxygen atoms in total. The van der Waals surface area contributed by atoms with Crippen LogP contribution in [-0.4, -0.2) is 79.3 Å². The van der Waals surface area contributed by atoms with Gasteiger partial charge in [-0.25, -0.2) is 4.79 Å².